The van der Waals surface area contributed by atoms with Crippen molar-refractivity contribution in [3.63, 3.8) is 0 Å². The van der Waals surface area contributed by atoms with E-state index in [9.17, 15) is 4.79 Å². The van der Waals surface area contributed by atoms with Crippen LogP contribution in [0.2, 0.25) is 0 Å². The quantitative estimate of drug-likeness (QED) is 0.686. The molecule has 1 amide bonds. The predicted octanol–water partition coefficient (Wildman–Crippen LogP) is 4.64. The highest BCUT2D eigenvalue weighted by Crippen LogP contribution is 1.96. The zero-order valence-corrected chi connectivity index (χ0v) is 13.0. The number of carbonyl (C=O) groups is 1. The van der Waals surface area contributed by atoms with Crippen LogP contribution in [0.5, 0.6) is 0 Å². The Bertz CT molecular complexity index is 239. The Labute approximate surface area is 114 Å². The zero-order valence-electron chi connectivity index (χ0n) is 13.0. The van der Waals surface area contributed by atoms with Crippen molar-refractivity contribution in [1.29, 1.82) is 0 Å². The summed E-state index contributed by atoms with van der Waals surface area (Å²) in [5.74, 6) is 0.110. The monoisotopic (exact) mass is 253 g/mol. The van der Waals surface area contributed by atoms with Gasteiger partial charge in [-0.25, -0.2) is 0 Å². The van der Waals surface area contributed by atoms with Gasteiger partial charge in [-0.05, 0) is 18.9 Å². The van der Waals surface area contributed by atoms with Crippen LogP contribution in [0.3, 0.4) is 0 Å². The number of hydrogen-bond donors (Lipinski definition) is 1. The first kappa shape index (κ1) is 21.9. The van der Waals surface area contributed by atoms with Crippen LogP contribution in [0, 0.1) is 0 Å². The van der Waals surface area contributed by atoms with Crippen molar-refractivity contribution >= 4 is 5.91 Å². The molecule has 0 aliphatic heterocycles. The molecule has 0 aliphatic carbocycles. The molecule has 0 atom stereocenters. The van der Waals surface area contributed by atoms with Crippen LogP contribution in [0.15, 0.2) is 36.5 Å². The summed E-state index contributed by atoms with van der Waals surface area (Å²) in [5, 5.41) is 2.85. The van der Waals surface area contributed by atoms with Crippen LogP contribution in [0.1, 0.15) is 54.4 Å². The van der Waals surface area contributed by atoms with Crippen molar-refractivity contribution in [2.45, 2.75) is 54.4 Å². The highest BCUT2D eigenvalue weighted by Gasteiger charge is 1.98. The minimum absolute atomic E-state index is 0.110. The Hall–Kier alpha value is -1.31. The summed E-state index contributed by atoms with van der Waals surface area (Å²) in [6.45, 7) is 16.1. The molecule has 0 heterocycles. The van der Waals surface area contributed by atoms with Gasteiger partial charge in [-0.2, -0.15) is 0 Å². The third-order valence-corrected chi connectivity index (χ3v) is 1.78. The van der Waals surface area contributed by atoms with Crippen LogP contribution in [-0.2, 0) is 4.79 Å². The highest BCUT2D eigenvalue weighted by atomic mass is 16.1. The van der Waals surface area contributed by atoms with E-state index in [1.54, 1.807) is 6.08 Å². The first-order valence-corrected chi connectivity index (χ1v) is 6.95. The lowest BCUT2D eigenvalue weighted by Crippen LogP contribution is -2.24. The number of rotatable bonds is 6. The summed E-state index contributed by atoms with van der Waals surface area (Å²) >= 11 is 0. The van der Waals surface area contributed by atoms with Crippen LogP contribution >= 0.6 is 0 Å². The Kier molecular flexibility index (Phi) is 25.6. The summed E-state index contributed by atoms with van der Waals surface area (Å²) in [6, 6.07) is 0. The molecule has 0 bridgehead atoms. The fourth-order valence-corrected chi connectivity index (χ4v) is 0.965. The number of amides is 1. The summed E-state index contributed by atoms with van der Waals surface area (Å²) in [7, 11) is 0. The Morgan fingerprint density at radius 2 is 1.78 bits per heavy atom. The SMILES string of the molecule is C=C/C=C\C(=C/C)CNC(=O)CCC.CC.CC. The number of nitrogens with one attached hydrogen (secondary N) is 1. The van der Waals surface area contributed by atoms with E-state index >= 15 is 0 Å². The Morgan fingerprint density at radius 1 is 1.22 bits per heavy atom. The largest absolute Gasteiger partial charge is 0.352 e. The summed E-state index contributed by atoms with van der Waals surface area (Å²) in [5.41, 5.74) is 1.09. The topological polar surface area (TPSA) is 29.1 Å². The molecule has 2 heteroatoms. The lowest BCUT2D eigenvalue weighted by atomic mass is 10.2. The van der Waals surface area contributed by atoms with Gasteiger partial charge in [0.15, 0.2) is 0 Å². The van der Waals surface area contributed by atoms with E-state index in [-0.39, 0.29) is 5.91 Å². The molecule has 18 heavy (non-hydrogen) atoms. The molecule has 0 saturated carbocycles. The van der Waals surface area contributed by atoms with Crippen molar-refractivity contribution in [3.8, 4) is 0 Å². The lowest BCUT2D eigenvalue weighted by Gasteiger charge is -2.04. The minimum Gasteiger partial charge on any atom is -0.352 e. The zero-order chi connectivity index (χ0) is 14.8. The molecule has 0 radical (unpaired) electrons. The Balaban J connectivity index is -0.000000506. The molecule has 0 rings (SSSR count). The Morgan fingerprint density at radius 3 is 2.17 bits per heavy atom. The maximum Gasteiger partial charge on any atom is 0.220 e. The third-order valence-electron chi connectivity index (χ3n) is 1.78. The van der Waals surface area contributed by atoms with Gasteiger partial charge < -0.3 is 5.32 Å². The van der Waals surface area contributed by atoms with Gasteiger partial charge in [0.25, 0.3) is 0 Å². The second-order valence-corrected chi connectivity index (χ2v) is 2.99. The van der Waals surface area contributed by atoms with E-state index in [1.807, 2.05) is 59.8 Å². The highest BCUT2D eigenvalue weighted by molar-refractivity contribution is 5.76. The first-order valence-electron chi connectivity index (χ1n) is 6.95. The molecule has 0 aliphatic rings. The molecular weight excluding hydrogens is 222 g/mol. The van der Waals surface area contributed by atoms with Gasteiger partial charge in [-0.15, -0.1) is 0 Å². The van der Waals surface area contributed by atoms with Crippen molar-refractivity contribution in [2.75, 3.05) is 6.54 Å². The molecule has 0 fully saturated rings. The van der Waals surface area contributed by atoms with Crippen molar-refractivity contribution in [3.05, 3.63) is 36.5 Å². The van der Waals surface area contributed by atoms with Gasteiger partial charge in [0.1, 0.15) is 0 Å². The second kappa shape index (κ2) is 21.0. The van der Waals surface area contributed by atoms with E-state index in [0.717, 1.165) is 12.0 Å². The standard InChI is InChI=1S/C12H19NO.2C2H6/c1-4-7-9-11(6-3)10-13-12(14)8-5-2;2*1-2/h4,6-7,9H,1,5,8,10H2,2-3H3,(H,13,14);2*1-2H3/b9-7-,11-6+;;. The van der Waals surface area contributed by atoms with Gasteiger partial charge >= 0.3 is 0 Å². The van der Waals surface area contributed by atoms with Gasteiger partial charge in [0, 0.05) is 13.0 Å². The number of hydrogen-bond acceptors (Lipinski definition) is 1. The van der Waals surface area contributed by atoms with E-state index in [1.165, 1.54) is 0 Å². The average molecular weight is 253 g/mol. The molecule has 106 valence electrons. The lowest BCUT2D eigenvalue weighted by molar-refractivity contribution is -0.120. The normalized spacial score (nSPS) is 9.78. The summed E-state index contributed by atoms with van der Waals surface area (Å²) in [6.07, 6.45) is 8.99. The fraction of sp³-hybridized carbons (Fsp3) is 0.562. The first-order chi connectivity index (χ1) is 8.74. The molecule has 0 spiro atoms. The predicted molar refractivity (Wildman–Crippen MR) is 83.7 cm³/mol. The molecule has 2 nitrogen and oxygen atoms in total. The molecule has 0 aromatic carbocycles. The van der Waals surface area contributed by atoms with Crippen LogP contribution < -0.4 is 5.32 Å². The van der Waals surface area contributed by atoms with Gasteiger partial charge in [0.05, 0.1) is 0 Å². The van der Waals surface area contributed by atoms with Crippen molar-refractivity contribution in [2.24, 2.45) is 0 Å². The molecule has 0 aromatic heterocycles. The minimum atomic E-state index is 0.110. The van der Waals surface area contributed by atoms with Crippen LogP contribution in [-0.4, -0.2) is 12.5 Å². The van der Waals surface area contributed by atoms with Gasteiger partial charge in [-0.3, -0.25) is 4.79 Å². The third kappa shape index (κ3) is 17.1. The summed E-state index contributed by atoms with van der Waals surface area (Å²) in [4.78, 5) is 11.2. The van der Waals surface area contributed by atoms with Crippen molar-refractivity contribution < 1.29 is 4.79 Å². The average Bonchev–Trinajstić information content (AvgIpc) is 2.44. The maximum absolute atomic E-state index is 11.2. The maximum atomic E-state index is 11.2. The molecular formula is C16H31NO. The number of allylic oxidation sites excluding steroid dienone is 3. The molecule has 0 unspecified atom stereocenters. The van der Waals surface area contributed by atoms with Crippen molar-refractivity contribution in [1.82, 2.24) is 5.32 Å². The second-order valence-electron chi connectivity index (χ2n) is 2.99. The summed E-state index contributed by atoms with van der Waals surface area (Å²) < 4.78 is 0. The van der Waals surface area contributed by atoms with Gasteiger partial charge in [0.2, 0.25) is 5.91 Å². The van der Waals surface area contributed by atoms with Crippen LogP contribution in [0.25, 0.3) is 0 Å². The van der Waals surface area contributed by atoms with E-state index in [2.05, 4.69) is 11.9 Å². The number of carbonyl (C=O) groups excluding carboxylic acids is 1. The van der Waals surface area contributed by atoms with E-state index in [4.69, 9.17) is 0 Å². The smallest absolute Gasteiger partial charge is 0.220 e. The molecule has 0 saturated heterocycles. The molecule has 1 N–H and O–H groups in total. The van der Waals surface area contributed by atoms with Crippen LogP contribution in [0.4, 0.5) is 0 Å². The van der Waals surface area contributed by atoms with Gasteiger partial charge in [-0.1, -0.05) is 65.5 Å². The molecule has 0 aromatic rings. The fourth-order valence-electron chi connectivity index (χ4n) is 0.965. The van der Waals surface area contributed by atoms with E-state index < -0.39 is 0 Å². The van der Waals surface area contributed by atoms with E-state index in [0.29, 0.717) is 13.0 Å².